The van der Waals surface area contributed by atoms with Crippen molar-refractivity contribution < 1.29 is 47.9 Å². The smallest absolute Gasteiger partial charge is 0.370 e. The van der Waals surface area contributed by atoms with Crippen molar-refractivity contribution in [2.24, 2.45) is 5.73 Å². The average molecular weight is 814 g/mol. The number of benzene rings is 3. The monoisotopic (exact) mass is 813 g/mol. The molecule has 8 N–H and O–H groups in total. The van der Waals surface area contributed by atoms with E-state index in [1.807, 2.05) is 60.7 Å². The summed E-state index contributed by atoms with van der Waals surface area (Å²) in [5.41, 5.74) is 5.71. The van der Waals surface area contributed by atoms with Gasteiger partial charge in [0.25, 0.3) is 11.4 Å². The summed E-state index contributed by atoms with van der Waals surface area (Å²) in [4.78, 5) is 117. The van der Waals surface area contributed by atoms with Gasteiger partial charge >= 0.3 is 7.60 Å². The number of hydrogen-bond acceptors (Lipinski definition) is 8. The summed E-state index contributed by atoms with van der Waals surface area (Å²) in [5, 5.41) is 8.76. The van der Waals surface area contributed by atoms with Crippen LogP contribution in [-0.4, -0.2) is 103 Å². The van der Waals surface area contributed by atoms with Gasteiger partial charge in [0, 0.05) is 48.9 Å². The van der Waals surface area contributed by atoms with E-state index in [9.17, 15) is 47.9 Å². The number of carbonyl (C=O) groups excluding carboxylic acids is 7. The summed E-state index contributed by atoms with van der Waals surface area (Å²) in [5.74, 6) is -3.59. The van der Waals surface area contributed by atoms with Gasteiger partial charge in [-0.05, 0) is 61.1 Å². The van der Waals surface area contributed by atoms with Crippen LogP contribution in [-0.2, 0) is 28.5 Å². The third kappa shape index (κ3) is 9.50. The van der Waals surface area contributed by atoms with Crippen molar-refractivity contribution in [3.8, 4) is 0 Å². The van der Waals surface area contributed by atoms with Gasteiger partial charge in [0.15, 0.2) is 0 Å². The molecule has 0 unspecified atom stereocenters. The van der Waals surface area contributed by atoms with Crippen LogP contribution in [0.15, 0.2) is 84.9 Å². The van der Waals surface area contributed by atoms with E-state index < -0.39 is 72.9 Å². The molecule has 6 amide bonds. The number of fused-ring (bicyclic) bond motifs is 2. The number of nitrogens with one attached hydrogen (secondary N) is 4. The lowest BCUT2D eigenvalue weighted by Gasteiger charge is -2.38. The van der Waals surface area contributed by atoms with E-state index in [0.717, 1.165) is 11.1 Å². The Kier molecular flexibility index (Phi) is 12.5. The van der Waals surface area contributed by atoms with Crippen molar-refractivity contribution in [3.05, 3.63) is 107 Å². The lowest BCUT2D eigenvalue weighted by Crippen LogP contribution is -2.62. The number of aromatic nitrogens is 1. The molecule has 0 saturated carbocycles. The van der Waals surface area contributed by atoms with Gasteiger partial charge < -0.3 is 46.3 Å². The first-order chi connectivity index (χ1) is 27.6. The van der Waals surface area contributed by atoms with E-state index in [2.05, 4.69) is 20.9 Å². The predicted octanol–water partition coefficient (Wildman–Crippen LogP) is 1.85. The molecule has 2 saturated heterocycles. The first-order valence-electron chi connectivity index (χ1n) is 18.7. The summed E-state index contributed by atoms with van der Waals surface area (Å²) in [6.07, 6.45) is 0.658. The fourth-order valence-corrected chi connectivity index (χ4v) is 8.01. The Labute approximate surface area is 332 Å². The fourth-order valence-electron chi connectivity index (χ4n) is 7.53. The van der Waals surface area contributed by atoms with E-state index in [4.69, 9.17) is 5.73 Å². The van der Waals surface area contributed by atoms with E-state index in [-0.39, 0.29) is 49.5 Å². The molecule has 58 heavy (non-hydrogen) atoms. The first kappa shape index (κ1) is 41.5. The zero-order chi connectivity index (χ0) is 41.7. The molecular formula is C40H44N7O10P. The number of hydrogen-bond donors (Lipinski definition) is 7. The molecule has 17 nitrogen and oxygen atoms in total. The molecule has 6 rings (SSSR count). The maximum absolute atomic E-state index is 14.4. The third-order valence-electron chi connectivity index (χ3n) is 10.5. The van der Waals surface area contributed by atoms with Crippen LogP contribution in [0.25, 0.3) is 10.9 Å². The SMILES string of the molecule is CC(=O)N1CC[C@H]2CC[C@@H](C(=O)N[C@@H](CCC(N)=O)C(=O)NC(c3ccccc3)c3ccccc3)N2C(=O)[C@@H](NC(=O)c2cc3cc(C(=O)P(=O)(O)O)ccc3[nH]2)C1. The molecule has 2 aliphatic heterocycles. The van der Waals surface area contributed by atoms with Crippen molar-refractivity contribution in [1.82, 2.24) is 30.7 Å². The van der Waals surface area contributed by atoms with Gasteiger partial charge in [-0.2, -0.15) is 0 Å². The van der Waals surface area contributed by atoms with Gasteiger partial charge in [-0.15, -0.1) is 0 Å². The number of nitrogens with two attached hydrogens (primary N) is 1. The van der Waals surface area contributed by atoms with Crippen LogP contribution in [0.3, 0.4) is 0 Å². The number of carbonyl (C=O) groups is 7. The molecule has 18 heteroatoms. The van der Waals surface area contributed by atoms with Gasteiger partial charge in [-0.3, -0.25) is 38.1 Å². The maximum atomic E-state index is 14.4. The molecule has 3 aromatic carbocycles. The predicted molar refractivity (Wildman–Crippen MR) is 210 cm³/mol. The van der Waals surface area contributed by atoms with Crippen molar-refractivity contribution in [2.45, 2.75) is 69.2 Å². The molecule has 1 aromatic heterocycles. The summed E-state index contributed by atoms with van der Waals surface area (Å²) < 4.78 is 11.5. The molecule has 2 fully saturated rings. The van der Waals surface area contributed by atoms with E-state index >= 15 is 0 Å². The first-order valence-corrected chi connectivity index (χ1v) is 20.3. The number of primary amides is 1. The largest absolute Gasteiger partial charge is 0.396 e. The summed E-state index contributed by atoms with van der Waals surface area (Å²) in [6.45, 7) is 1.37. The van der Waals surface area contributed by atoms with Crippen molar-refractivity contribution in [2.75, 3.05) is 13.1 Å². The summed E-state index contributed by atoms with van der Waals surface area (Å²) >= 11 is 0. The number of H-pyrrole nitrogens is 1. The van der Waals surface area contributed by atoms with Crippen molar-refractivity contribution in [1.29, 1.82) is 0 Å². The molecule has 0 radical (unpaired) electrons. The molecule has 0 bridgehead atoms. The Balaban J connectivity index is 1.23. The van der Waals surface area contributed by atoms with Gasteiger partial charge in [0.1, 0.15) is 23.8 Å². The Bertz CT molecular complexity index is 2240. The highest BCUT2D eigenvalue weighted by atomic mass is 31.2. The number of aromatic amines is 1. The minimum atomic E-state index is -5.06. The normalized spacial score (nSPS) is 18.8. The van der Waals surface area contributed by atoms with E-state index in [0.29, 0.717) is 23.7 Å². The van der Waals surface area contributed by atoms with Gasteiger partial charge in [-0.1, -0.05) is 60.7 Å². The summed E-state index contributed by atoms with van der Waals surface area (Å²) in [6, 6.07) is 19.0. The van der Waals surface area contributed by atoms with Crippen molar-refractivity contribution in [3.63, 3.8) is 0 Å². The molecule has 304 valence electrons. The van der Waals surface area contributed by atoms with Crippen LogP contribution in [0.1, 0.15) is 77.0 Å². The van der Waals surface area contributed by atoms with E-state index in [1.54, 1.807) is 0 Å². The Hall–Kier alpha value is -6.16. The molecule has 0 aliphatic carbocycles. The second-order valence-electron chi connectivity index (χ2n) is 14.4. The molecule has 2 aliphatic rings. The van der Waals surface area contributed by atoms with Crippen LogP contribution in [0, 0.1) is 0 Å². The minimum Gasteiger partial charge on any atom is -0.370 e. The number of amides is 6. The molecule has 4 aromatic rings. The van der Waals surface area contributed by atoms with Crippen LogP contribution in [0.4, 0.5) is 0 Å². The standard InChI is InChI=1S/C40H44N7O10P/c1-23(48)46-19-18-28-13-16-33(38(52)43-30(15-17-34(41)49)36(50)45-35(24-8-4-2-5-9-24)25-10-6-3-7-11-25)47(28)39(53)32(22-46)44-37(51)31-21-27-20-26(12-14-29(27)42-31)40(54)58(55,56)57/h2-12,14,20-21,28,30,32-33,35,42H,13,15-19,22H2,1H3,(H2,41,49)(H,43,52)(H,44,51)(H,45,50)(H2,55,56,57)/t28-,30+,32+,33+/m1/s1. The van der Waals surface area contributed by atoms with Gasteiger partial charge in [0.2, 0.25) is 29.5 Å². The highest BCUT2D eigenvalue weighted by Crippen LogP contribution is 2.39. The number of rotatable bonds is 13. The molecule has 4 atom stereocenters. The Morgan fingerprint density at radius 1 is 0.897 bits per heavy atom. The second-order valence-corrected chi connectivity index (χ2v) is 15.9. The van der Waals surface area contributed by atoms with Crippen molar-refractivity contribution >= 4 is 59.5 Å². The topological polar surface area (TPSA) is 261 Å². The van der Waals surface area contributed by atoms with Gasteiger partial charge in [-0.25, -0.2) is 0 Å². The highest BCUT2D eigenvalue weighted by molar-refractivity contribution is 7.70. The fraction of sp³-hybridized carbons (Fsp3) is 0.325. The molecular weight excluding hydrogens is 769 g/mol. The van der Waals surface area contributed by atoms with E-state index in [1.165, 1.54) is 41.0 Å². The molecule has 0 spiro atoms. The average Bonchev–Trinajstić information content (AvgIpc) is 3.83. The minimum absolute atomic E-state index is 0.0418. The zero-order valence-corrected chi connectivity index (χ0v) is 32.4. The maximum Gasteiger partial charge on any atom is 0.396 e. The zero-order valence-electron chi connectivity index (χ0n) is 31.5. The Morgan fingerprint density at radius 3 is 2.16 bits per heavy atom. The van der Waals surface area contributed by atoms with Gasteiger partial charge in [0.05, 0.1) is 6.04 Å². The lowest BCUT2D eigenvalue weighted by molar-refractivity contribution is -0.145. The van der Waals surface area contributed by atoms with Crippen LogP contribution in [0.5, 0.6) is 0 Å². The third-order valence-corrected chi connectivity index (χ3v) is 11.3. The highest BCUT2D eigenvalue weighted by Gasteiger charge is 2.46. The van der Waals surface area contributed by atoms with Crippen LogP contribution >= 0.6 is 7.60 Å². The summed E-state index contributed by atoms with van der Waals surface area (Å²) in [7, 11) is -5.06. The second kappa shape index (κ2) is 17.5. The quantitative estimate of drug-likeness (QED) is 0.0964. The lowest BCUT2D eigenvalue weighted by atomic mass is 9.98. The molecule has 3 heterocycles. The number of nitrogens with zero attached hydrogens (tertiary/aromatic N) is 2. The van der Waals surface area contributed by atoms with Crippen LogP contribution in [0.2, 0.25) is 0 Å². The van der Waals surface area contributed by atoms with Crippen LogP contribution < -0.4 is 21.7 Å². The Morgan fingerprint density at radius 2 is 1.55 bits per heavy atom.